The lowest BCUT2D eigenvalue weighted by molar-refractivity contribution is -0.0402. The molecule has 0 atom stereocenters. The van der Waals surface area contributed by atoms with E-state index in [-0.39, 0.29) is 5.60 Å². The minimum Gasteiger partial charge on any atom is -0.378 e. The molecule has 3 heterocycles. The van der Waals surface area contributed by atoms with Crippen molar-refractivity contribution in [1.29, 1.82) is 5.26 Å². The number of nitrogens with zero attached hydrogens (tertiary/aromatic N) is 3. The minimum absolute atomic E-state index is 0.281. The summed E-state index contributed by atoms with van der Waals surface area (Å²) >= 11 is 1.45. The molecule has 1 saturated heterocycles. The van der Waals surface area contributed by atoms with E-state index < -0.39 is 0 Å². The van der Waals surface area contributed by atoms with Crippen LogP contribution < -0.4 is 4.90 Å². The quantitative estimate of drug-likeness (QED) is 0.620. The van der Waals surface area contributed by atoms with Crippen LogP contribution in [0.3, 0.4) is 0 Å². The van der Waals surface area contributed by atoms with E-state index in [4.69, 9.17) is 20.9 Å². The van der Waals surface area contributed by atoms with Crippen LogP contribution in [-0.2, 0) is 22.5 Å². The summed E-state index contributed by atoms with van der Waals surface area (Å²) < 4.78 is 11.5. The van der Waals surface area contributed by atoms with Crippen molar-refractivity contribution in [3.8, 4) is 18.4 Å². The highest BCUT2D eigenvalue weighted by atomic mass is 32.2. The number of thioether (sulfide) groups is 1. The lowest BCUT2D eigenvalue weighted by atomic mass is 9.89. The summed E-state index contributed by atoms with van der Waals surface area (Å²) in [5.41, 5.74) is 2.47. The van der Waals surface area contributed by atoms with E-state index in [0.717, 1.165) is 35.1 Å². The maximum atomic E-state index is 9.72. The van der Waals surface area contributed by atoms with Crippen molar-refractivity contribution in [3.63, 3.8) is 0 Å². The van der Waals surface area contributed by atoms with Crippen LogP contribution in [0.15, 0.2) is 5.03 Å². The molecular weight excluding hydrogens is 322 g/mol. The molecule has 5 nitrogen and oxygen atoms in total. The topological polar surface area (TPSA) is 58.4 Å². The van der Waals surface area contributed by atoms with Gasteiger partial charge in [0.25, 0.3) is 0 Å². The van der Waals surface area contributed by atoms with Gasteiger partial charge in [0, 0.05) is 25.1 Å². The normalized spacial score (nSPS) is 19.2. The summed E-state index contributed by atoms with van der Waals surface area (Å²) in [7, 11) is 0. The third-order valence-corrected chi connectivity index (χ3v) is 5.16. The largest absolute Gasteiger partial charge is 0.378 e. The number of hydrogen-bond donors (Lipinski definition) is 0. The van der Waals surface area contributed by atoms with Gasteiger partial charge in [-0.3, -0.25) is 0 Å². The zero-order valence-electron chi connectivity index (χ0n) is 14.1. The molecule has 0 spiro atoms. The number of terminal acetylenes is 1. The fraction of sp³-hybridized carbons (Fsp3) is 0.556. The third kappa shape index (κ3) is 3.37. The van der Waals surface area contributed by atoms with Gasteiger partial charge >= 0.3 is 0 Å². The lowest BCUT2D eigenvalue weighted by Gasteiger charge is -2.36. The van der Waals surface area contributed by atoms with Crippen LogP contribution >= 0.6 is 11.8 Å². The second kappa shape index (κ2) is 7.03. The summed E-state index contributed by atoms with van der Waals surface area (Å²) in [4.78, 5) is 7.03. The first kappa shape index (κ1) is 17.1. The number of pyridine rings is 1. The maximum absolute atomic E-state index is 9.72. The Balaban J connectivity index is 2.11. The summed E-state index contributed by atoms with van der Waals surface area (Å²) in [5, 5.41) is 10.4. The molecule has 0 radical (unpaired) electrons. The molecule has 0 bridgehead atoms. The molecule has 0 amide bonds. The predicted molar refractivity (Wildman–Crippen MR) is 94.1 cm³/mol. The van der Waals surface area contributed by atoms with Gasteiger partial charge < -0.3 is 14.4 Å². The summed E-state index contributed by atoms with van der Waals surface area (Å²) in [6, 6.07) is 2.35. The van der Waals surface area contributed by atoms with Crippen LogP contribution in [0, 0.1) is 23.7 Å². The molecule has 24 heavy (non-hydrogen) atoms. The zero-order valence-corrected chi connectivity index (χ0v) is 14.9. The highest BCUT2D eigenvalue weighted by Gasteiger charge is 2.33. The van der Waals surface area contributed by atoms with E-state index in [2.05, 4.69) is 30.7 Å². The molecule has 2 aliphatic rings. The number of nitriles is 1. The van der Waals surface area contributed by atoms with Crippen LogP contribution in [0.25, 0.3) is 0 Å². The van der Waals surface area contributed by atoms with E-state index in [1.54, 1.807) is 0 Å². The van der Waals surface area contributed by atoms with Crippen molar-refractivity contribution in [1.82, 2.24) is 4.98 Å². The second-order valence-corrected chi connectivity index (χ2v) is 7.47. The molecule has 1 aromatic rings. The van der Waals surface area contributed by atoms with E-state index in [0.29, 0.717) is 37.6 Å². The smallest absolute Gasteiger partial charge is 0.135 e. The fourth-order valence-corrected chi connectivity index (χ4v) is 3.78. The number of ether oxygens (including phenoxy) is 2. The van der Waals surface area contributed by atoms with Gasteiger partial charge in [0.2, 0.25) is 0 Å². The van der Waals surface area contributed by atoms with Crippen LogP contribution in [0.5, 0.6) is 0 Å². The van der Waals surface area contributed by atoms with Crippen molar-refractivity contribution in [2.24, 2.45) is 0 Å². The number of hydrogen-bond acceptors (Lipinski definition) is 6. The molecule has 2 aliphatic heterocycles. The fourth-order valence-electron chi connectivity index (χ4n) is 3.09. The molecule has 0 aliphatic carbocycles. The Labute approximate surface area is 147 Å². The van der Waals surface area contributed by atoms with Gasteiger partial charge in [0.15, 0.2) is 0 Å². The van der Waals surface area contributed by atoms with Crippen molar-refractivity contribution in [2.75, 3.05) is 37.0 Å². The predicted octanol–water partition coefficient (Wildman–Crippen LogP) is 2.37. The average Bonchev–Trinajstić information content (AvgIpc) is 2.58. The lowest BCUT2D eigenvalue weighted by Crippen LogP contribution is -2.39. The van der Waals surface area contributed by atoms with Crippen LogP contribution in [0.1, 0.15) is 30.5 Å². The van der Waals surface area contributed by atoms with Gasteiger partial charge in [0.05, 0.1) is 36.7 Å². The van der Waals surface area contributed by atoms with Gasteiger partial charge in [-0.25, -0.2) is 4.98 Å². The van der Waals surface area contributed by atoms with Gasteiger partial charge in [0.1, 0.15) is 16.9 Å². The Morgan fingerprint density at radius 3 is 2.75 bits per heavy atom. The van der Waals surface area contributed by atoms with Gasteiger partial charge in [-0.15, -0.1) is 6.42 Å². The minimum atomic E-state index is -0.281. The summed E-state index contributed by atoms with van der Waals surface area (Å²) in [6.45, 7) is 7.57. The molecule has 1 aromatic heterocycles. The molecule has 6 heteroatoms. The maximum Gasteiger partial charge on any atom is 0.135 e. The first-order chi connectivity index (χ1) is 11.6. The van der Waals surface area contributed by atoms with E-state index in [1.165, 1.54) is 11.8 Å². The molecule has 0 unspecified atom stereocenters. The average molecular weight is 343 g/mol. The first-order valence-corrected chi connectivity index (χ1v) is 9.03. The molecular formula is C18H21N3O2S. The number of fused-ring (bicyclic) bond motifs is 1. The monoisotopic (exact) mass is 343 g/mol. The highest BCUT2D eigenvalue weighted by Crippen LogP contribution is 2.38. The molecule has 1 fully saturated rings. The van der Waals surface area contributed by atoms with E-state index in [9.17, 15) is 5.26 Å². The Morgan fingerprint density at radius 2 is 2.08 bits per heavy atom. The Kier molecular flexibility index (Phi) is 5.01. The van der Waals surface area contributed by atoms with Gasteiger partial charge in [-0.1, -0.05) is 17.7 Å². The van der Waals surface area contributed by atoms with E-state index >= 15 is 0 Å². The number of anilines is 1. The van der Waals surface area contributed by atoms with Crippen LogP contribution in [0.2, 0.25) is 0 Å². The number of rotatable bonds is 3. The van der Waals surface area contributed by atoms with Crippen molar-refractivity contribution < 1.29 is 9.47 Å². The second-order valence-electron chi connectivity index (χ2n) is 6.50. The van der Waals surface area contributed by atoms with Gasteiger partial charge in [-0.05, 0) is 19.4 Å². The molecule has 0 saturated carbocycles. The molecule has 3 rings (SSSR count). The van der Waals surface area contributed by atoms with Crippen LogP contribution in [0.4, 0.5) is 5.82 Å². The number of aromatic nitrogens is 1. The standard InChI is InChI=1S/C18H21N3O2S/c1-4-9-24-17-14(11-19)13-10-18(2,3)23-12-15(13)16(20-17)21-5-7-22-8-6-21/h1H,5-10,12H2,2-3H3. The number of morpholine rings is 1. The van der Waals surface area contributed by atoms with Gasteiger partial charge in [-0.2, -0.15) is 5.26 Å². The summed E-state index contributed by atoms with van der Waals surface area (Å²) in [6.07, 6.45) is 6.10. The van der Waals surface area contributed by atoms with Crippen molar-refractivity contribution >= 4 is 17.6 Å². The van der Waals surface area contributed by atoms with E-state index in [1.807, 2.05) is 0 Å². The SMILES string of the molecule is C#CCSc1nc(N2CCOCC2)c2c(c1C#N)CC(C)(C)OC2. The Bertz CT molecular complexity index is 712. The summed E-state index contributed by atoms with van der Waals surface area (Å²) in [5.74, 6) is 4.04. The van der Waals surface area contributed by atoms with Crippen molar-refractivity contribution in [2.45, 2.75) is 37.5 Å². The Hall–Kier alpha value is -1.73. The molecule has 0 N–H and O–H groups in total. The molecule has 126 valence electrons. The molecule has 0 aromatic carbocycles. The van der Waals surface area contributed by atoms with Crippen molar-refractivity contribution in [3.05, 3.63) is 16.7 Å². The van der Waals surface area contributed by atoms with Crippen LogP contribution in [-0.4, -0.2) is 42.6 Å². The highest BCUT2D eigenvalue weighted by molar-refractivity contribution is 7.99. The first-order valence-electron chi connectivity index (χ1n) is 8.04. The Morgan fingerprint density at radius 1 is 1.33 bits per heavy atom. The third-order valence-electron chi connectivity index (χ3n) is 4.28. The zero-order chi connectivity index (χ0) is 17.2.